The largest absolute Gasteiger partial charge is 0.507 e. The van der Waals surface area contributed by atoms with E-state index >= 15 is 0 Å². The fourth-order valence-electron chi connectivity index (χ4n) is 1.89. The van der Waals surface area contributed by atoms with Gasteiger partial charge < -0.3 is 10.2 Å². The maximum absolute atomic E-state index is 12.8. The molecule has 2 rings (SSSR count). The highest BCUT2D eigenvalue weighted by Gasteiger charge is 2.35. The smallest absolute Gasteiger partial charge is 0.420 e. The Kier molecular flexibility index (Phi) is 2.94. The third kappa shape index (κ3) is 2.13. The van der Waals surface area contributed by atoms with Crippen molar-refractivity contribution in [1.82, 2.24) is 0 Å². The summed E-state index contributed by atoms with van der Waals surface area (Å²) in [6, 6.07) is 6.57. The standard InChI is InChI=1S/C13H11F3O2/c1-7(17)8-2-4-10-9(6-8)3-5-11(18)12(10)13(14,15)16/h2-7,17-18H,1H3. The number of hydrogen-bond donors (Lipinski definition) is 2. The van der Waals surface area contributed by atoms with Crippen LogP contribution in [0.4, 0.5) is 13.2 Å². The van der Waals surface area contributed by atoms with E-state index in [0.717, 1.165) is 6.07 Å². The van der Waals surface area contributed by atoms with Gasteiger partial charge in [0.15, 0.2) is 0 Å². The summed E-state index contributed by atoms with van der Waals surface area (Å²) < 4.78 is 38.5. The lowest BCUT2D eigenvalue weighted by atomic mass is 9.99. The van der Waals surface area contributed by atoms with E-state index in [0.29, 0.717) is 10.9 Å². The number of alkyl halides is 3. The van der Waals surface area contributed by atoms with E-state index in [1.165, 1.54) is 31.2 Å². The predicted molar refractivity (Wildman–Crippen MR) is 61.2 cm³/mol. The zero-order chi connectivity index (χ0) is 13.5. The Hall–Kier alpha value is -1.75. The summed E-state index contributed by atoms with van der Waals surface area (Å²) in [6.07, 6.45) is -5.37. The number of rotatable bonds is 1. The third-order valence-electron chi connectivity index (χ3n) is 2.79. The van der Waals surface area contributed by atoms with Gasteiger partial charge in [0.1, 0.15) is 11.3 Å². The van der Waals surface area contributed by atoms with Gasteiger partial charge in [0, 0.05) is 0 Å². The van der Waals surface area contributed by atoms with Gasteiger partial charge in [0.05, 0.1) is 6.10 Å². The topological polar surface area (TPSA) is 40.5 Å². The molecule has 2 N–H and O–H groups in total. The summed E-state index contributed by atoms with van der Waals surface area (Å²) in [6.45, 7) is 1.53. The van der Waals surface area contributed by atoms with Crippen LogP contribution in [0, 0.1) is 0 Å². The Bertz CT molecular complexity index is 589. The summed E-state index contributed by atoms with van der Waals surface area (Å²) in [4.78, 5) is 0. The van der Waals surface area contributed by atoms with Crippen molar-refractivity contribution < 1.29 is 23.4 Å². The van der Waals surface area contributed by atoms with Crippen molar-refractivity contribution in [2.24, 2.45) is 0 Å². The fourth-order valence-corrected chi connectivity index (χ4v) is 1.89. The van der Waals surface area contributed by atoms with E-state index in [1.807, 2.05) is 0 Å². The fraction of sp³-hybridized carbons (Fsp3) is 0.231. The van der Waals surface area contributed by atoms with Crippen molar-refractivity contribution in [3.05, 3.63) is 41.5 Å². The van der Waals surface area contributed by atoms with Crippen LogP contribution in [0.3, 0.4) is 0 Å². The van der Waals surface area contributed by atoms with Crippen LogP contribution in [0.2, 0.25) is 0 Å². The Labute approximate surface area is 101 Å². The van der Waals surface area contributed by atoms with Crippen molar-refractivity contribution in [1.29, 1.82) is 0 Å². The van der Waals surface area contributed by atoms with Gasteiger partial charge in [0.25, 0.3) is 0 Å². The molecule has 2 aromatic rings. The van der Waals surface area contributed by atoms with E-state index in [9.17, 15) is 23.4 Å². The van der Waals surface area contributed by atoms with E-state index in [4.69, 9.17) is 0 Å². The molecule has 0 heterocycles. The van der Waals surface area contributed by atoms with E-state index in [-0.39, 0.29) is 5.39 Å². The summed E-state index contributed by atoms with van der Waals surface area (Å²) in [5, 5.41) is 19.0. The third-order valence-corrected chi connectivity index (χ3v) is 2.79. The molecule has 0 spiro atoms. The predicted octanol–water partition coefficient (Wildman–Crippen LogP) is 3.62. The maximum Gasteiger partial charge on any atom is 0.420 e. The van der Waals surface area contributed by atoms with Crippen molar-refractivity contribution in [3.63, 3.8) is 0 Å². The number of phenolic OH excluding ortho intramolecular Hbond substituents is 1. The monoisotopic (exact) mass is 256 g/mol. The number of aliphatic hydroxyl groups excluding tert-OH is 1. The molecule has 2 aromatic carbocycles. The van der Waals surface area contributed by atoms with Gasteiger partial charge in [-0.3, -0.25) is 0 Å². The quantitative estimate of drug-likeness (QED) is 0.818. The van der Waals surface area contributed by atoms with Crippen LogP contribution >= 0.6 is 0 Å². The molecule has 5 heteroatoms. The molecule has 18 heavy (non-hydrogen) atoms. The summed E-state index contributed by atoms with van der Waals surface area (Å²) >= 11 is 0. The van der Waals surface area contributed by atoms with Gasteiger partial charge in [-0.25, -0.2) is 0 Å². The Balaban J connectivity index is 2.75. The first-order valence-electron chi connectivity index (χ1n) is 5.31. The van der Waals surface area contributed by atoms with Crippen LogP contribution in [0.1, 0.15) is 24.2 Å². The van der Waals surface area contributed by atoms with Gasteiger partial charge in [-0.15, -0.1) is 0 Å². The minimum Gasteiger partial charge on any atom is -0.507 e. The summed E-state index contributed by atoms with van der Waals surface area (Å²) in [7, 11) is 0. The van der Waals surface area contributed by atoms with Crippen molar-refractivity contribution >= 4 is 10.8 Å². The van der Waals surface area contributed by atoms with Crippen LogP contribution < -0.4 is 0 Å². The first-order valence-corrected chi connectivity index (χ1v) is 5.31. The molecule has 0 amide bonds. The molecular weight excluding hydrogens is 245 g/mol. The highest BCUT2D eigenvalue weighted by molar-refractivity contribution is 5.88. The summed E-state index contributed by atoms with van der Waals surface area (Å²) in [5.41, 5.74) is -0.515. The molecule has 0 aliphatic heterocycles. The molecule has 0 aliphatic carbocycles. The average molecular weight is 256 g/mol. The molecule has 0 saturated carbocycles. The number of fused-ring (bicyclic) bond motifs is 1. The highest BCUT2D eigenvalue weighted by Crippen LogP contribution is 2.41. The van der Waals surface area contributed by atoms with E-state index in [1.54, 1.807) is 0 Å². The maximum atomic E-state index is 12.8. The summed E-state index contributed by atoms with van der Waals surface area (Å²) in [5.74, 6) is -0.792. The SMILES string of the molecule is CC(O)c1ccc2c(C(F)(F)F)c(O)ccc2c1. The van der Waals surface area contributed by atoms with Crippen molar-refractivity contribution in [2.45, 2.75) is 19.2 Å². The second-order valence-corrected chi connectivity index (χ2v) is 4.11. The molecule has 1 unspecified atom stereocenters. The lowest BCUT2D eigenvalue weighted by molar-refractivity contribution is -0.137. The number of phenols is 1. The van der Waals surface area contributed by atoms with Gasteiger partial charge in [-0.2, -0.15) is 13.2 Å². The zero-order valence-electron chi connectivity index (χ0n) is 9.49. The van der Waals surface area contributed by atoms with Gasteiger partial charge in [-0.05, 0) is 35.4 Å². The molecule has 0 aromatic heterocycles. The van der Waals surface area contributed by atoms with E-state index in [2.05, 4.69) is 0 Å². The molecule has 96 valence electrons. The Morgan fingerprint density at radius 1 is 1.11 bits per heavy atom. The molecule has 0 aliphatic rings. The minimum atomic E-state index is -4.62. The molecular formula is C13H11F3O2. The minimum absolute atomic E-state index is 0.0769. The van der Waals surface area contributed by atoms with Gasteiger partial charge >= 0.3 is 6.18 Å². The zero-order valence-corrected chi connectivity index (χ0v) is 9.49. The van der Waals surface area contributed by atoms with Crippen LogP contribution in [0.25, 0.3) is 10.8 Å². The van der Waals surface area contributed by atoms with Crippen LogP contribution in [-0.4, -0.2) is 10.2 Å². The second kappa shape index (κ2) is 4.17. The number of aromatic hydroxyl groups is 1. The number of halogens is 3. The number of benzene rings is 2. The average Bonchev–Trinajstić information content (AvgIpc) is 2.26. The lowest BCUT2D eigenvalue weighted by Crippen LogP contribution is -2.06. The van der Waals surface area contributed by atoms with Crippen LogP contribution in [-0.2, 0) is 6.18 Å². The molecule has 0 saturated heterocycles. The highest BCUT2D eigenvalue weighted by atomic mass is 19.4. The number of hydrogen-bond acceptors (Lipinski definition) is 2. The van der Waals surface area contributed by atoms with Crippen LogP contribution in [0.5, 0.6) is 5.75 Å². The van der Waals surface area contributed by atoms with Gasteiger partial charge in [0.2, 0.25) is 0 Å². The Morgan fingerprint density at radius 2 is 1.78 bits per heavy atom. The first-order chi connectivity index (χ1) is 8.30. The lowest BCUT2D eigenvalue weighted by Gasteiger charge is -2.13. The second-order valence-electron chi connectivity index (χ2n) is 4.11. The molecule has 0 fully saturated rings. The molecule has 1 atom stereocenters. The molecule has 0 radical (unpaired) electrons. The van der Waals surface area contributed by atoms with Crippen molar-refractivity contribution in [3.8, 4) is 5.75 Å². The van der Waals surface area contributed by atoms with Gasteiger partial charge in [-0.1, -0.05) is 18.2 Å². The van der Waals surface area contributed by atoms with Crippen molar-refractivity contribution in [2.75, 3.05) is 0 Å². The normalized spacial score (nSPS) is 13.8. The van der Waals surface area contributed by atoms with Crippen LogP contribution in [0.15, 0.2) is 30.3 Å². The van der Waals surface area contributed by atoms with E-state index < -0.39 is 23.6 Å². The first kappa shape index (κ1) is 12.7. The molecule has 2 nitrogen and oxygen atoms in total. The Morgan fingerprint density at radius 3 is 2.33 bits per heavy atom. The molecule has 0 bridgehead atoms. The number of aliphatic hydroxyl groups is 1.